The number of hydrogen-bond acceptors (Lipinski definition) is 2. The van der Waals surface area contributed by atoms with E-state index in [1.165, 1.54) is 12.8 Å². The first kappa shape index (κ1) is 9.97. The maximum Gasteiger partial charge on any atom is 0.220 e. The van der Waals surface area contributed by atoms with Crippen molar-refractivity contribution in [2.24, 2.45) is 5.92 Å². The van der Waals surface area contributed by atoms with E-state index in [4.69, 9.17) is 0 Å². The maximum atomic E-state index is 11.6. The summed E-state index contributed by atoms with van der Waals surface area (Å²) >= 11 is 0. The molecule has 1 heterocycles. The quantitative estimate of drug-likeness (QED) is 0.708. The lowest BCUT2D eigenvalue weighted by Gasteiger charge is -2.35. The molecule has 1 amide bonds. The van der Waals surface area contributed by atoms with E-state index in [-0.39, 0.29) is 11.4 Å². The van der Waals surface area contributed by atoms with Crippen LogP contribution in [0.15, 0.2) is 0 Å². The largest absolute Gasteiger partial charge is 0.351 e. The Bertz CT molecular complexity index is 217. The normalized spacial score (nSPS) is 25.8. The molecule has 2 fully saturated rings. The van der Waals surface area contributed by atoms with Crippen LogP contribution in [0.2, 0.25) is 0 Å². The van der Waals surface area contributed by atoms with Crippen LogP contribution >= 0.6 is 0 Å². The summed E-state index contributed by atoms with van der Waals surface area (Å²) < 4.78 is 0. The minimum Gasteiger partial charge on any atom is -0.351 e. The van der Waals surface area contributed by atoms with E-state index >= 15 is 0 Å². The van der Waals surface area contributed by atoms with Crippen molar-refractivity contribution in [1.29, 1.82) is 0 Å². The number of carbonyl (C=O) groups excluding carboxylic acids is 1. The summed E-state index contributed by atoms with van der Waals surface area (Å²) in [6.45, 7) is 4.22. The van der Waals surface area contributed by atoms with Crippen LogP contribution < -0.4 is 10.6 Å². The highest BCUT2D eigenvalue weighted by Gasteiger charge is 2.31. The molecule has 3 nitrogen and oxygen atoms in total. The molecule has 3 heteroatoms. The smallest absolute Gasteiger partial charge is 0.220 e. The minimum absolute atomic E-state index is 0.0528. The number of amides is 1. The van der Waals surface area contributed by atoms with Crippen LogP contribution in [0.4, 0.5) is 0 Å². The van der Waals surface area contributed by atoms with Crippen molar-refractivity contribution >= 4 is 5.91 Å². The lowest BCUT2D eigenvalue weighted by Crippen LogP contribution is -2.52. The Balaban J connectivity index is 1.78. The van der Waals surface area contributed by atoms with Crippen LogP contribution in [0.5, 0.6) is 0 Å². The van der Waals surface area contributed by atoms with Crippen molar-refractivity contribution in [3.63, 3.8) is 0 Å². The van der Waals surface area contributed by atoms with Crippen molar-refractivity contribution in [2.75, 3.05) is 13.1 Å². The highest BCUT2D eigenvalue weighted by molar-refractivity contribution is 5.77. The summed E-state index contributed by atoms with van der Waals surface area (Å²) in [6, 6.07) is 0. The van der Waals surface area contributed by atoms with E-state index in [2.05, 4.69) is 17.6 Å². The van der Waals surface area contributed by atoms with Crippen molar-refractivity contribution in [2.45, 2.75) is 44.6 Å². The van der Waals surface area contributed by atoms with Gasteiger partial charge in [-0.25, -0.2) is 0 Å². The number of hydrogen-bond donors (Lipinski definition) is 2. The van der Waals surface area contributed by atoms with E-state index in [1.54, 1.807) is 0 Å². The molecule has 0 aromatic rings. The molecule has 14 heavy (non-hydrogen) atoms. The second kappa shape index (κ2) is 3.89. The molecule has 1 saturated carbocycles. The fourth-order valence-corrected chi connectivity index (χ4v) is 2.08. The third-order valence-corrected chi connectivity index (χ3v) is 3.32. The summed E-state index contributed by atoms with van der Waals surface area (Å²) in [5, 5.41) is 6.50. The summed E-state index contributed by atoms with van der Waals surface area (Å²) in [4.78, 5) is 11.6. The molecule has 0 spiro atoms. The van der Waals surface area contributed by atoms with E-state index in [0.717, 1.165) is 32.4 Å². The molecule has 1 aliphatic heterocycles. The maximum absolute atomic E-state index is 11.6. The standard InChI is InChI=1S/C11H20N2O/c1-11(4-6-12-7-5-11)13-10(14)8-9-2-3-9/h9,12H,2-8H2,1H3,(H,13,14). The fourth-order valence-electron chi connectivity index (χ4n) is 2.08. The van der Waals surface area contributed by atoms with Gasteiger partial charge in [-0.1, -0.05) is 0 Å². The van der Waals surface area contributed by atoms with Crippen molar-refractivity contribution in [3.8, 4) is 0 Å². The molecule has 80 valence electrons. The molecule has 0 radical (unpaired) electrons. The molecule has 1 aliphatic carbocycles. The minimum atomic E-state index is 0.0528. The van der Waals surface area contributed by atoms with Crippen molar-refractivity contribution < 1.29 is 4.79 Å². The predicted octanol–water partition coefficient (Wildman–Crippen LogP) is 1.04. The van der Waals surface area contributed by atoms with Gasteiger partial charge in [-0.3, -0.25) is 4.79 Å². The lowest BCUT2D eigenvalue weighted by atomic mass is 9.90. The van der Waals surface area contributed by atoms with Gasteiger partial charge in [0.05, 0.1) is 0 Å². The van der Waals surface area contributed by atoms with Gasteiger partial charge in [0.15, 0.2) is 0 Å². The van der Waals surface area contributed by atoms with Gasteiger partial charge in [-0.15, -0.1) is 0 Å². The molecule has 0 bridgehead atoms. The summed E-state index contributed by atoms with van der Waals surface area (Å²) in [5.41, 5.74) is 0.0528. The van der Waals surface area contributed by atoms with Crippen LogP contribution in [0.25, 0.3) is 0 Å². The molecular weight excluding hydrogens is 176 g/mol. The number of piperidine rings is 1. The fraction of sp³-hybridized carbons (Fsp3) is 0.909. The third kappa shape index (κ3) is 2.71. The number of rotatable bonds is 3. The Morgan fingerprint density at radius 3 is 2.64 bits per heavy atom. The zero-order chi connectivity index (χ0) is 10.0. The summed E-state index contributed by atoms with van der Waals surface area (Å²) in [5.74, 6) is 0.956. The zero-order valence-electron chi connectivity index (χ0n) is 8.94. The zero-order valence-corrected chi connectivity index (χ0v) is 8.94. The first-order valence-corrected chi connectivity index (χ1v) is 5.70. The third-order valence-electron chi connectivity index (χ3n) is 3.32. The molecule has 2 aliphatic rings. The van der Waals surface area contributed by atoms with E-state index in [0.29, 0.717) is 5.92 Å². The summed E-state index contributed by atoms with van der Waals surface area (Å²) in [7, 11) is 0. The van der Waals surface area contributed by atoms with Crippen molar-refractivity contribution in [3.05, 3.63) is 0 Å². The van der Waals surface area contributed by atoms with Crippen LogP contribution in [-0.2, 0) is 4.79 Å². The van der Waals surface area contributed by atoms with E-state index in [1.807, 2.05) is 0 Å². The topological polar surface area (TPSA) is 41.1 Å². The van der Waals surface area contributed by atoms with Crippen LogP contribution in [-0.4, -0.2) is 24.5 Å². The second-order valence-corrected chi connectivity index (χ2v) is 5.01. The molecule has 0 atom stereocenters. The average Bonchev–Trinajstić information content (AvgIpc) is 2.88. The molecule has 2 rings (SSSR count). The average molecular weight is 196 g/mol. The Labute approximate surface area is 85.6 Å². The Morgan fingerprint density at radius 2 is 2.07 bits per heavy atom. The van der Waals surface area contributed by atoms with Crippen molar-refractivity contribution in [1.82, 2.24) is 10.6 Å². The van der Waals surface area contributed by atoms with Gasteiger partial charge in [0.1, 0.15) is 0 Å². The lowest BCUT2D eigenvalue weighted by molar-refractivity contribution is -0.123. The Morgan fingerprint density at radius 1 is 1.43 bits per heavy atom. The predicted molar refractivity (Wildman–Crippen MR) is 56.0 cm³/mol. The second-order valence-electron chi connectivity index (χ2n) is 5.01. The first-order valence-electron chi connectivity index (χ1n) is 5.70. The van der Waals surface area contributed by atoms with E-state index < -0.39 is 0 Å². The van der Waals surface area contributed by atoms with Crippen LogP contribution in [0.1, 0.15) is 39.0 Å². The molecule has 0 unspecified atom stereocenters. The Kier molecular flexibility index (Phi) is 2.77. The molecule has 0 aromatic heterocycles. The summed E-state index contributed by atoms with van der Waals surface area (Å²) in [6.07, 6.45) is 5.38. The van der Waals surface area contributed by atoms with Gasteiger partial charge < -0.3 is 10.6 Å². The SMILES string of the molecule is CC1(NC(=O)CC2CC2)CCNCC1. The highest BCUT2D eigenvalue weighted by atomic mass is 16.1. The molecule has 1 saturated heterocycles. The van der Waals surface area contributed by atoms with Gasteiger partial charge in [-0.05, 0) is 51.6 Å². The molecular formula is C11H20N2O. The van der Waals surface area contributed by atoms with Gasteiger partial charge >= 0.3 is 0 Å². The first-order chi connectivity index (χ1) is 6.68. The van der Waals surface area contributed by atoms with Crippen LogP contribution in [0.3, 0.4) is 0 Å². The molecule has 0 aromatic carbocycles. The van der Waals surface area contributed by atoms with Gasteiger partial charge in [-0.2, -0.15) is 0 Å². The number of nitrogens with one attached hydrogen (secondary N) is 2. The van der Waals surface area contributed by atoms with Crippen LogP contribution in [0, 0.1) is 5.92 Å². The highest BCUT2D eigenvalue weighted by Crippen LogP contribution is 2.32. The monoisotopic (exact) mass is 196 g/mol. The number of carbonyl (C=O) groups is 1. The Hall–Kier alpha value is -0.570. The molecule has 2 N–H and O–H groups in total. The van der Waals surface area contributed by atoms with Gasteiger partial charge in [0.25, 0.3) is 0 Å². The van der Waals surface area contributed by atoms with Gasteiger partial charge in [0, 0.05) is 12.0 Å². The van der Waals surface area contributed by atoms with E-state index in [9.17, 15) is 4.79 Å². The van der Waals surface area contributed by atoms with Gasteiger partial charge in [0.2, 0.25) is 5.91 Å².